The fourth-order valence-electron chi connectivity index (χ4n) is 0.552. The smallest absolute Gasteiger partial charge is 0.0927 e. The number of rotatable bonds is 2. The molecule has 0 fully saturated rings. The van der Waals surface area contributed by atoms with Crippen LogP contribution in [0.1, 0.15) is 5.69 Å². The molecular weight excluding hydrogens is 114 g/mol. The molecule has 0 bridgehead atoms. The Balaban J connectivity index is 2.57. The molecule has 0 unspecified atom stereocenters. The van der Waals surface area contributed by atoms with Gasteiger partial charge in [-0.1, -0.05) is 6.08 Å². The van der Waals surface area contributed by atoms with Crippen molar-refractivity contribution in [2.24, 2.45) is 5.73 Å². The highest BCUT2D eigenvalue weighted by atomic mass is 14.8. The predicted octanol–water partition coefficient (Wildman–Crippen LogP) is 0.382. The molecule has 3 heteroatoms. The van der Waals surface area contributed by atoms with Crippen molar-refractivity contribution in [1.82, 2.24) is 9.97 Å². The normalized spacial score (nSPS) is 10.8. The summed E-state index contributed by atoms with van der Waals surface area (Å²) in [6.07, 6.45) is 7.18. The summed E-state index contributed by atoms with van der Waals surface area (Å²) in [6, 6.07) is 0. The van der Waals surface area contributed by atoms with Crippen molar-refractivity contribution >= 4 is 6.08 Å². The molecule has 1 aromatic rings. The van der Waals surface area contributed by atoms with E-state index in [-0.39, 0.29) is 0 Å². The van der Waals surface area contributed by atoms with Crippen molar-refractivity contribution in [3.05, 3.63) is 24.3 Å². The van der Waals surface area contributed by atoms with Gasteiger partial charge in [-0.3, -0.25) is 0 Å². The molecule has 1 aromatic heterocycles. The summed E-state index contributed by atoms with van der Waals surface area (Å²) in [5.74, 6) is 0. The van der Waals surface area contributed by atoms with Crippen LogP contribution >= 0.6 is 0 Å². The van der Waals surface area contributed by atoms with E-state index in [0.717, 1.165) is 5.69 Å². The maximum Gasteiger partial charge on any atom is 0.0927 e. The Morgan fingerprint density at radius 1 is 1.78 bits per heavy atom. The average Bonchev–Trinajstić information content (AvgIpc) is 2.34. The van der Waals surface area contributed by atoms with Crippen LogP contribution in [0, 0.1) is 0 Å². The minimum atomic E-state index is 0.562. The van der Waals surface area contributed by atoms with E-state index in [4.69, 9.17) is 5.73 Å². The highest BCUT2D eigenvalue weighted by Gasteiger charge is 1.82. The summed E-state index contributed by atoms with van der Waals surface area (Å²) in [4.78, 5) is 6.79. The summed E-state index contributed by atoms with van der Waals surface area (Å²) in [7, 11) is 0. The molecule has 9 heavy (non-hydrogen) atoms. The molecule has 1 heterocycles. The van der Waals surface area contributed by atoms with E-state index in [9.17, 15) is 0 Å². The second-order valence-corrected chi connectivity index (χ2v) is 1.63. The molecule has 3 nitrogen and oxygen atoms in total. The zero-order valence-corrected chi connectivity index (χ0v) is 5.04. The Morgan fingerprint density at radius 3 is 3.22 bits per heavy atom. The number of hydrogen-bond acceptors (Lipinski definition) is 2. The summed E-state index contributed by atoms with van der Waals surface area (Å²) < 4.78 is 0. The Labute approximate surface area is 53.6 Å². The van der Waals surface area contributed by atoms with Gasteiger partial charge in [-0.2, -0.15) is 0 Å². The first kappa shape index (κ1) is 6.04. The molecule has 3 N–H and O–H groups in total. The maximum atomic E-state index is 5.22. The number of nitrogens with zero attached hydrogens (tertiary/aromatic N) is 1. The lowest BCUT2D eigenvalue weighted by Crippen LogP contribution is -1.91. The predicted molar refractivity (Wildman–Crippen MR) is 36.7 cm³/mol. The number of nitrogens with two attached hydrogens (primary N) is 1. The van der Waals surface area contributed by atoms with Crippen molar-refractivity contribution in [3.63, 3.8) is 0 Å². The van der Waals surface area contributed by atoms with E-state index in [2.05, 4.69) is 9.97 Å². The van der Waals surface area contributed by atoms with Gasteiger partial charge in [-0.05, 0) is 6.08 Å². The molecule has 0 aromatic carbocycles. The second kappa shape index (κ2) is 3.04. The highest BCUT2D eigenvalue weighted by molar-refractivity contribution is 5.42. The van der Waals surface area contributed by atoms with Crippen LogP contribution in [0.25, 0.3) is 6.08 Å². The molecule has 1 rings (SSSR count). The first-order valence-electron chi connectivity index (χ1n) is 2.79. The first-order valence-corrected chi connectivity index (χ1v) is 2.79. The highest BCUT2D eigenvalue weighted by Crippen LogP contribution is 1.91. The van der Waals surface area contributed by atoms with E-state index in [1.165, 1.54) is 0 Å². The fraction of sp³-hybridized carbons (Fsp3) is 0.167. The Kier molecular flexibility index (Phi) is 2.04. The van der Waals surface area contributed by atoms with Crippen LogP contribution in [-0.4, -0.2) is 16.5 Å². The lowest BCUT2D eigenvalue weighted by Gasteiger charge is -1.78. The summed E-state index contributed by atoms with van der Waals surface area (Å²) in [5.41, 5.74) is 6.14. The number of H-pyrrole nitrogens is 1. The lowest BCUT2D eigenvalue weighted by molar-refractivity contribution is 1.26. The van der Waals surface area contributed by atoms with Crippen LogP contribution in [0.15, 0.2) is 18.6 Å². The minimum Gasteiger partial charge on any atom is -0.351 e. The number of hydrogen-bond donors (Lipinski definition) is 2. The van der Waals surface area contributed by atoms with E-state index < -0.39 is 0 Å². The standard InChI is InChI=1S/C6H9N3/c7-3-1-2-6-4-8-5-9-6/h1-2,4-5H,3,7H2,(H,8,9). The minimum absolute atomic E-state index is 0.562. The van der Waals surface area contributed by atoms with E-state index in [1.54, 1.807) is 6.33 Å². The molecule has 0 spiro atoms. The Hall–Kier alpha value is -1.09. The van der Waals surface area contributed by atoms with Gasteiger partial charge in [0.25, 0.3) is 0 Å². The summed E-state index contributed by atoms with van der Waals surface area (Å²) in [6.45, 7) is 0.562. The van der Waals surface area contributed by atoms with Crippen LogP contribution in [0.4, 0.5) is 0 Å². The van der Waals surface area contributed by atoms with Gasteiger partial charge in [0.1, 0.15) is 0 Å². The fourth-order valence-corrected chi connectivity index (χ4v) is 0.552. The van der Waals surface area contributed by atoms with Gasteiger partial charge in [0.2, 0.25) is 0 Å². The largest absolute Gasteiger partial charge is 0.351 e. The summed E-state index contributed by atoms with van der Waals surface area (Å²) in [5, 5.41) is 0. The SMILES string of the molecule is NCC=Cc1c[nH]cn1. The van der Waals surface area contributed by atoms with Gasteiger partial charge in [-0.25, -0.2) is 4.98 Å². The van der Waals surface area contributed by atoms with Gasteiger partial charge in [0.15, 0.2) is 0 Å². The molecule has 0 aliphatic heterocycles. The summed E-state index contributed by atoms with van der Waals surface area (Å²) >= 11 is 0. The van der Waals surface area contributed by atoms with Crippen LogP contribution in [0.2, 0.25) is 0 Å². The van der Waals surface area contributed by atoms with Crippen LogP contribution in [-0.2, 0) is 0 Å². The van der Waals surface area contributed by atoms with E-state index in [0.29, 0.717) is 6.54 Å². The zero-order valence-electron chi connectivity index (χ0n) is 5.04. The molecule has 48 valence electrons. The second-order valence-electron chi connectivity index (χ2n) is 1.63. The van der Waals surface area contributed by atoms with Crippen molar-refractivity contribution in [3.8, 4) is 0 Å². The van der Waals surface area contributed by atoms with Crippen LogP contribution < -0.4 is 5.73 Å². The Morgan fingerprint density at radius 2 is 2.67 bits per heavy atom. The first-order chi connectivity index (χ1) is 4.43. The van der Waals surface area contributed by atoms with Crippen LogP contribution in [0.3, 0.4) is 0 Å². The Bertz CT molecular complexity index is 176. The van der Waals surface area contributed by atoms with E-state index >= 15 is 0 Å². The van der Waals surface area contributed by atoms with Gasteiger partial charge in [0, 0.05) is 12.7 Å². The quantitative estimate of drug-likeness (QED) is 0.597. The van der Waals surface area contributed by atoms with Gasteiger partial charge in [-0.15, -0.1) is 0 Å². The molecule has 0 amide bonds. The molecule has 0 aliphatic carbocycles. The van der Waals surface area contributed by atoms with Crippen molar-refractivity contribution < 1.29 is 0 Å². The molecule has 0 aliphatic rings. The number of aromatic amines is 1. The third kappa shape index (κ3) is 1.70. The zero-order chi connectivity index (χ0) is 6.53. The number of nitrogens with one attached hydrogen (secondary N) is 1. The van der Waals surface area contributed by atoms with Crippen molar-refractivity contribution in [1.29, 1.82) is 0 Å². The van der Waals surface area contributed by atoms with Crippen molar-refractivity contribution in [2.75, 3.05) is 6.54 Å². The lowest BCUT2D eigenvalue weighted by atomic mass is 10.4. The number of aromatic nitrogens is 2. The van der Waals surface area contributed by atoms with Crippen LogP contribution in [0.5, 0.6) is 0 Å². The van der Waals surface area contributed by atoms with Gasteiger partial charge in [0.05, 0.1) is 12.0 Å². The van der Waals surface area contributed by atoms with Crippen molar-refractivity contribution in [2.45, 2.75) is 0 Å². The third-order valence-corrected chi connectivity index (χ3v) is 0.944. The van der Waals surface area contributed by atoms with E-state index in [1.807, 2.05) is 18.3 Å². The molecule has 0 atom stereocenters. The molecule has 0 saturated carbocycles. The molecular formula is C6H9N3. The average molecular weight is 123 g/mol. The molecule has 0 radical (unpaired) electrons. The molecule has 0 saturated heterocycles. The van der Waals surface area contributed by atoms with Gasteiger partial charge >= 0.3 is 0 Å². The monoisotopic (exact) mass is 123 g/mol. The third-order valence-electron chi connectivity index (χ3n) is 0.944. The topological polar surface area (TPSA) is 54.7 Å². The maximum absolute atomic E-state index is 5.22. The number of imidazole rings is 1. The van der Waals surface area contributed by atoms with Gasteiger partial charge < -0.3 is 10.7 Å².